The predicted molar refractivity (Wildman–Crippen MR) is 108 cm³/mol. The van der Waals surface area contributed by atoms with E-state index in [4.69, 9.17) is 0 Å². The summed E-state index contributed by atoms with van der Waals surface area (Å²) in [6, 6.07) is 13.8. The molecule has 0 bridgehead atoms. The van der Waals surface area contributed by atoms with Crippen molar-refractivity contribution in [2.75, 3.05) is 6.54 Å². The number of imidazole rings is 1. The number of aryl methyl sites for hydroxylation is 4. The molecule has 0 unspecified atom stereocenters. The Balaban J connectivity index is 1.64. The average molecular weight is 384 g/mol. The Hall–Kier alpha value is -2.44. The van der Waals surface area contributed by atoms with Gasteiger partial charge in [0.1, 0.15) is 5.82 Å². The minimum atomic E-state index is -3.52. The Morgan fingerprint density at radius 1 is 1.04 bits per heavy atom. The Morgan fingerprint density at radius 3 is 2.37 bits per heavy atom. The first kappa shape index (κ1) is 19.3. The third-order valence-electron chi connectivity index (χ3n) is 4.49. The molecule has 142 valence electrons. The number of nitrogens with one attached hydrogen (secondary N) is 1. The second-order valence-electron chi connectivity index (χ2n) is 6.79. The van der Waals surface area contributed by atoms with Gasteiger partial charge in [0.05, 0.1) is 4.90 Å². The molecule has 6 heteroatoms. The van der Waals surface area contributed by atoms with Crippen molar-refractivity contribution in [3.8, 4) is 11.4 Å². The summed E-state index contributed by atoms with van der Waals surface area (Å²) in [6.07, 6.45) is 4.37. The maximum Gasteiger partial charge on any atom is 0.241 e. The van der Waals surface area contributed by atoms with Crippen molar-refractivity contribution >= 4 is 10.0 Å². The summed E-state index contributed by atoms with van der Waals surface area (Å²) in [5.41, 5.74) is 3.67. The Morgan fingerprint density at radius 2 is 1.70 bits per heavy atom. The number of hydrogen-bond donors (Lipinski definition) is 1. The second-order valence-corrected chi connectivity index (χ2v) is 8.49. The largest absolute Gasteiger partial charge is 0.331 e. The summed E-state index contributed by atoms with van der Waals surface area (Å²) in [5.74, 6) is 0.892. The summed E-state index contributed by atoms with van der Waals surface area (Å²) in [5, 5.41) is 0. The van der Waals surface area contributed by atoms with Crippen LogP contribution in [0.3, 0.4) is 0 Å². The van der Waals surface area contributed by atoms with Crippen LogP contribution in [0.5, 0.6) is 0 Å². The lowest BCUT2D eigenvalue weighted by Crippen LogP contribution is -2.27. The summed E-state index contributed by atoms with van der Waals surface area (Å²) in [4.78, 5) is 4.81. The molecule has 0 aliphatic rings. The standard InChI is InChI=1S/C21H25N3O2S/c1-16-14-17(2)20(18(3)15-16)27(25,26)23-10-7-12-24-13-11-22-21(24)19-8-5-4-6-9-19/h4-6,8-9,11,13-15,23H,7,10,12H2,1-3H3. The number of sulfonamides is 1. The highest BCUT2D eigenvalue weighted by Gasteiger charge is 2.19. The average Bonchev–Trinajstić information content (AvgIpc) is 3.07. The van der Waals surface area contributed by atoms with Gasteiger partial charge in [-0.25, -0.2) is 18.1 Å². The first-order chi connectivity index (χ1) is 12.9. The minimum Gasteiger partial charge on any atom is -0.331 e. The van der Waals surface area contributed by atoms with Crippen molar-refractivity contribution in [3.05, 3.63) is 71.5 Å². The van der Waals surface area contributed by atoms with Crippen LogP contribution < -0.4 is 4.72 Å². The van der Waals surface area contributed by atoms with Gasteiger partial charge in [0.2, 0.25) is 10.0 Å². The Kier molecular flexibility index (Phi) is 5.77. The maximum atomic E-state index is 12.7. The van der Waals surface area contributed by atoms with Crippen molar-refractivity contribution in [1.82, 2.24) is 14.3 Å². The molecule has 0 saturated heterocycles. The number of nitrogens with zero attached hydrogens (tertiary/aromatic N) is 2. The normalized spacial score (nSPS) is 11.7. The summed E-state index contributed by atoms with van der Waals surface area (Å²) in [7, 11) is -3.52. The lowest BCUT2D eigenvalue weighted by Gasteiger charge is -2.13. The zero-order valence-electron chi connectivity index (χ0n) is 15.9. The fraction of sp³-hybridized carbons (Fsp3) is 0.286. The summed E-state index contributed by atoms with van der Waals surface area (Å²) >= 11 is 0. The molecular weight excluding hydrogens is 358 g/mol. The van der Waals surface area contributed by atoms with Gasteiger partial charge >= 0.3 is 0 Å². The third-order valence-corrected chi connectivity index (χ3v) is 6.25. The van der Waals surface area contributed by atoms with Gasteiger partial charge in [-0.1, -0.05) is 48.0 Å². The monoisotopic (exact) mass is 383 g/mol. The molecule has 3 aromatic rings. The number of benzene rings is 2. The van der Waals surface area contributed by atoms with Gasteiger partial charge in [0, 0.05) is 31.0 Å². The van der Waals surface area contributed by atoms with Crippen molar-refractivity contribution < 1.29 is 8.42 Å². The van der Waals surface area contributed by atoms with Crippen LogP contribution in [0.4, 0.5) is 0 Å². The number of aromatic nitrogens is 2. The van der Waals surface area contributed by atoms with Gasteiger partial charge in [-0.2, -0.15) is 0 Å². The van der Waals surface area contributed by atoms with E-state index in [9.17, 15) is 8.42 Å². The van der Waals surface area contributed by atoms with Crippen LogP contribution in [0.2, 0.25) is 0 Å². The van der Waals surface area contributed by atoms with E-state index in [0.29, 0.717) is 24.4 Å². The van der Waals surface area contributed by atoms with Crippen LogP contribution in [0.1, 0.15) is 23.1 Å². The van der Waals surface area contributed by atoms with Gasteiger partial charge in [-0.05, 0) is 38.3 Å². The lowest BCUT2D eigenvalue weighted by molar-refractivity contribution is 0.569. The molecule has 0 spiro atoms. The summed E-state index contributed by atoms with van der Waals surface area (Å²) < 4.78 is 30.2. The second kappa shape index (κ2) is 8.06. The van der Waals surface area contributed by atoms with Crippen molar-refractivity contribution in [2.45, 2.75) is 38.6 Å². The molecule has 0 aliphatic heterocycles. The maximum absolute atomic E-state index is 12.7. The van der Waals surface area contributed by atoms with Crippen LogP contribution in [-0.4, -0.2) is 24.5 Å². The lowest BCUT2D eigenvalue weighted by atomic mass is 10.1. The molecule has 0 aliphatic carbocycles. The van der Waals surface area contributed by atoms with E-state index in [1.165, 1.54) is 0 Å². The highest BCUT2D eigenvalue weighted by molar-refractivity contribution is 7.89. The molecular formula is C21H25N3O2S. The molecule has 0 amide bonds. The van der Waals surface area contributed by atoms with Crippen molar-refractivity contribution in [2.24, 2.45) is 0 Å². The zero-order chi connectivity index (χ0) is 19.4. The Bertz CT molecular complexity index is 1000. The van der Waals surface area contributed by atoms with Crippen LogP contribution in [-0.2, 0) is 16.6 Å². The minimum absolute atomic E-state index is 0.376. The molecule has 5 nitrogen and oxygen atoms in total. The van der Waals surface area contributed by atoms with E-state index in [0.717, 1.165) is 28.1 Å². The molecule has 3 rings (SSSR count). The van der Waals surface area contributed by atoms with E-state index in [2.05, 4.69) is 9.71 Å². The van der Waals surface area contributed by atoms with Gasteiger partial charge in [0.15, 0.2) is 0 Å². The fourth-order valence-electron chi connectivity index (χ4n) is 3.46. The predicted octanol–water partition coefficient (Wildman–Crippen LogP) is 3.84. The molecule has 1 heterocycles. The molecule has 0 atom stereocenters. The molecule has 27 heavy (non-hydrogen) atoms. The van der Waals surface area contributed by atoms with Gasteiger partial charge < -0.3 is 4.57 Å². The number of rotatable bonds is 7. The van der Waals surface area contributed by atoms with E-state index in [1.54, 1.807) is 6.20 Å². The van der Waals surface area contributed by atoms with Crippen LogP contribution in [0, 0.1) is 20.8 Å². The van der Waals surface area contributed by atoms with E-state index < -0.39 is 10.0 Å². The van der Waals surface area contributed by atoms with E-state index >= 15 is 0 Å². The highest BCUT2D eigenvalue weighted by atomic mass is 32.2. The third kappa shape index (κ3) is 4.46. The fourth-order valence-corrected chi connectivity index (χ4v) is 4.98. The zero-order valence-corrected chi connectivity index (χ0v) is 16.8. The van der Waals surface area contributed by atoms with Crippen LogP contribution >= 0.6 is 0 Å². The van der Waals surface area contributed by atoms with Crippen LogP contribution in [0.15, 0.2) is 59.8 Å². The number of hydrogen-bond acceptors (Lipinski definition) is 3. The molecule has 0 saturated carbocycles. The molecule has 2 aromatic carbocycles. The van der Waals surface area contributed by atoms with Gasteiger partial charge in [0.25, 0.3) is 0 Å². The molecule has 0 radical (unpaired) electrons. The molecule has 1 N–H and O–H groups in total. The van der Waals surface area contributed by atoms with E-state index in [1.807, 2.05) is 74.0 Å². The van der Waals surface area contributed by atoms with Crippen LogP contribution in [0.25, 0.3) is 11.4 Å². The summed E-state index contributed by atoms with van der Waals surface area (Å²) in [6.45, 7) is 6.72. The van der Waals surface area contributed by atoms with Gasteiger partial charge in [-0.3, -0.25) is 0 Å². The SMILES string of the molecule is Cc1cc(C)c(S(=O)(=O)NCCCn2ccnc2-c2ccccc2)c(C)c1. The molecule has 0 fully saturated rings. The topological polar surface area (TPSA) is 64.0 Å². The molecule has 1 aromatic heterocycles. The Labute approximate surface area is 161 Å². The van der Waals surface area contributed by atoms with Gasteiger partial charge in [-0.15, -0.1) is 0 Å². The quantitative estimate of drug-likeness (QED) is 0.631. The first-order valence-electron chi connectivity index (χ1n) is 9.02. The first-order valence-corrected chi connectivity index (χ1v) is 10.5. The smallest absolute Gasteiger partial charge is 0.241 e. The van der Waals surface area contributed by atoms with E-state index in [-0.39, 0.29) is 0 Å². The highest BCUT2D eigenvalue weighted by Crippen LogP contribution is 2.21. The van der Waals surface area contributed by atoms with Crippen molar-refractivity contribution in [3.63, 3.8) is 0 Å². The van der Waals surface area contributed by atoms with Crippen molar-refractivity contribution in [1.29, 1.82) is 0 Å².